The maximum Gasteiger partial charge on any atom is 0.414 e. The summed E-state index contributed by atoms with van der Waals surface area (Å²) in [5.74, 6) is -2.02. The number of likely N-dealkylation sites (tertiary alicyclic amines) is 2. The van der Waals surface area contributed by atoms with Crippen LogP contribution in [0.1, 0.15) is 36.8 Å². The van der Waals surface area contributed by atoms with E-state index in [0.29, 0.717) is 6.61 Å². The van der Waals surface area contributed by atoms with Crippen molar-refractivity contribution in [1.29, 1.82) is 0 Å². The zero-order valence-corrected chi connectivity index (χ0v) is 19.7. The van der Waals surface area contributed by atoms with Gasteiger partial charge in [-0.2, -0.15) is 0 Å². The van der Waals surface area contributed by atoms with Gasteiger partial charge < -0.3 is 24.6 Å². The van der Waals surface area contributed by atoms with Crippen LogP contribution in [-0.2, 0) is 22.7 Å². The van der Waals surface area contributed by atoms with Crippen LogP contribution in [-0.4, -0.2) is 71.3 Å². The average Bonchev–Trinajstić information content (AvgIpc) is 3.39. The fourth-order valence-corrected chi connectivity index (χ4v) is 4.48. The summed E-state index contributed by atoms with van der Waals surface area (Å²) in [6.45, 7) is 6.54. The van der Waals surface area contributed by atoms with Gasteiger partial charge in [0.15, 0.2) is 11.5 Å². The summed E-state index contributed by atoms with van der Waals surface area (Å²) in [4.78, 5) is 23.5. The first-order valence-corrected chi connectivity index (χ1v) is 11.7. The average molecular weight is 471 g/mol. The molecule has 0 aliphatic carbocycles. The van der Waals surface area contributed by atoms with Crippen LogP contribution in [0.5, 0.6) is 11.5 Å². The Morgan fingerprint density at radius 1 is 0.882 bits per heavy atom. The van der Waals surface area contributed by atoms with Gasteiger partial charge in [-0.05, 0) is 75.1 Å². The largest absolute Gasteiger partial charge is 0.493 e. The van der Waals surface area contributed by atoms with Gasteiger partial charge in [0.05, 0.1) is 7.11 Å². The third kappa shape index (κ3) is 7.74. The molecule has 2 aliphatic rings. The Kier molecular flexibility index (Phi) is 9.73. The predicted octanol–water partition coefficient (Wildman–Crippen LogP) is 3.49. The molecule has 2 N–H and O–H groups in total. The van der Waals surface area contributed by atoms with E-state index in [1.165, 1.54) is 63.0 Å². The Hall–Kier alpha value is -3.10. The van der Waals surface area contributed by atoms with Gasteiger partial charge in [-0.3, -0.25) is 4.90 Å². The van der Waals surface area contributed by atoms with E-state index in [-0.39, 0.29) is 0 Å². The van der Waals surface area contributed by atoms with E-state index in [4.69, 9.17) is 29.3 Å². The predicted molar refractivity (Wildman–Crippen MR) is 128 cm³/mol. The first-order valence-electron chi connectivity index (χ1n) is 11.7. The molecule has 2 aliphatic heterocycles. The molecule has 2 aromatic rings. The smallest absolute Gasteiger partial charge is 0.414 e. The van der Waals surface area contributed by atoms with Gasteiger partial charge in [0, 0.05) is 12.6 Å². The summed E-state index contributed by atoms with van der Waals surface area (Å²) in [5.41, 5.74) is 2.46. The molecule has 2 heterocycles. The Bertz CT molecular complexity index is 910. The number of nitrogens with zero attached hydrogens (tertiary/aromatic N) is 2. The van der Waals surface area contributed by atoms with Crippen molar-refractivity contribution in [1.82, 2.24) is 9.80 Å². The number of carboxylic acids is 2. The van der Waals surface area contributed by atoms with E-state index < -0.39 is 11.9 Å². The quantitative estimate of drug-likeness (QED) is 0.594. The number of carboxylic acid groups (broad SMARTS) is 2. The molecule has 0 bridgehead atoms. The second kappa shape index (κ2) is 13.0. The molecule has 0 atom stereocenters. The molecule has 34 heavy (non-hydrogen) atoms. The zero-order valence-electron chi connectivity index (χ0n) is 19.7. The maximum absolute atomic E-state index is 9.10. The van der Waals surface area contributed by atoms with Crippen LogP contribution in [0.3, 0.4) is 0 Å². The fourth-order valence-electron chi connectivity index (χ4n) is 4.48. The van der Waals surface area contributed by atoms with E-state index in [0.717, 1.165) is 24.1 Å². The first kappa shape index (κ1) is 25.5. The highest BCUT2D eigenvalue weighted by atomic mass is 16.5. The topological polar surface area (TPSA) is 99.5 Å². The molecule has 8 nitrogen and oxygen atoms in total. The highest BCUT2D eigenvalue weighted by Crippen LogP contribution is 2.30. The molecule has 184 valence electrons. The normalized spacial score (nSPS) is 17.0. The number of piperidine rings is 1. The van der Waals surface area contributed by atoms with Crippen molar-refractivity contribution in [2.75, 3.05) is 33.3 Å². The summed E-state index contributed by atoms with van der Waals surface area (Å²) >= 11 is 0. The second-order valence-electron chi connectivity index (χ2n) is 8.62. The zero-order chi connectivity index (χ0) is 24.3. The first-order chi connectivity index (χ1) is 16.5. The maximum atomic E-state index is 9.10. The summed E-state index contributed by atoms with van der Waals surface area (Å²) < 4.78 is 11.6. The highest BCUT2D eigenvalue weighted by Gasteiger charge is 2.26. The number of methoxy groups -OCH3 is 1. The number of benzene rings is 2. The minimum atomic E-state index is -1.82. The molecule has 0 unspecified atom stereocenters. The van der Waals surface area contributed by atoms with Crippen LogP contribution < -0.4 is 9.47 Å². The van der Waals surface area contributed by atoms with Gasteiger partial charge in [-0.15, -0.1) is 0 Å². The SMILES string of the molecule is COc1ccc(CN2CCC(N3CCCC3)CC2)cc1OCc1ccccc1.O=C(O)C(=O)O. The molecule has 2 aromatic carbocycles. The summed E-state index contributed by atoms with van der Waals surface area (Å²) in [7, 11) is 1.70. The third-order valence-electron chi connectivity index (χ3n) is 6.27. The molecule has 4 rings (SSSR count). The summed E-state index contributed by atoms with van der Waals surface area (Å²) in [6, 6.07) is 17.4. The van der Waals surface area contributed by atoms with E-state index in [9.17, 15) is 0 Å². The Labute approximate surface area is 200 Å². The van der Waals surface area contributed by atoms with Crippen molar-refractivity contribution in [2.45, 2.75) is 44.9 Å². The van der Waals surface area contributed by atoms with E-state index in [2.05, 4.69) is 34.1 Å². The lowest BCUT2D eigenvalue weighted by Gasteiger charge is -2.36. The van der Waals surface area contributed by atoms with Crippen molar-refractivity contribution in [3.05, 3.63) is 59.7 Å². The van der Waals surface area contributed by atoms with E-state index >= 15 is 0 Å². The van der Waals surface area contributed by atoms with Gasteiger partial charge in [-0.25, -0.2) is 9.59 Å². The van der Waals surface area contributed by atoms with Crippen LogP contribution >= 0.6 is 0 Å². The minimum absolute atomic E-state index is 0.557. The van der Waals surface area contributed by atoms with Gasteiger partial charge >= 0.3 is 11.9 Å². The number of carbonyl (C=O) groups is 2. The van der Waals surface area contributed by atoms with Gasteiger partial charge in [0.2, 0.25) is 0 Å². The lowest BCUT2D eigenvalue weighted by atomic mass is 10.0. The highest BCUT2D eigenvalue weighted by molar-refractivity contribution is 6.27. The van der Waals surface area contributed by atoms with Gasteiger partial charge in [-0.1, -0.05) is 36.4 Å². The number of hydrogen-bond acceptors (Lipinski definition) is 6. The van der Waals surface area contributed by atoms with Crippen molar-refractivity contribution in [2.24, 2.45) is 0 Å². The Morgan fingerprint density at radius 3 is 2.12 bits per heavy atom. The molecular weight excluding hydrogens is 436 g/mol. The number of hydrogen-bond donors (Lipinski definition) is 2. The van der Waals surface area contributed by atoms with Crippen LogP contribution in [0.4, 0.5) is 0 Å². The van der Waals surface area contributed by atoms with Gasteiger partial charge in [0.25, 0.3) is 0 Å². The lowest BCUT2D eigenvalue weighted by molar-refractivity contribution is -0.159. The molecule has 2 saturated heterocycles. The molecule has 8 heteroatoms. The van der Waals surface area contributed by atoms with Crippen molar-refractivity contribution in [3.8, 4) is 11.5 Å². The molecule has 0 saturated carbocycles. The van der Waals surface area contributed by atoms with E-state index in [1.54, 1.807) is 7.11 Å². The number of rotatable bonds is 7. The summed E-state index contributed by atoms with van der Waals surface area (Å²) in [5, 5.41) is 14.8. The van der Waals surface area contributed by atoms with Crippen molar-refractivity contribution in [3.63, 3.8) is 0 Å². The molecule has 2 fully saturated rings. The van der Waals surface area contributed by atoms with E-state index in [1.807, 2.05) is 24.3 Å². The standard InChI is InChI=1S/C24H32N2O2.C2H2O4/c1-27-23-10-9-21(17-24(23)28-19-20-7-3-2-4-8-20)18-25-15-11-22(12-16-25)26-13-5-6-14-26;3-1(4)2(5)6/h2-4,7-10,17,22H,5-6,11-16,18-19H2,1H3;(H,3,4)(H,5,6). The molecular formula is C26H34N2O6. The molecule has 0 amide bonds. The summed E-state index contributed by atoms with van der Waals surface area (Å²) in [6.07, 6.45) is 5.37. The van der Waals surface area contributed by atoms with Crippen LogP contribution in [0.2, 0.25) is 0 Å². The Balaban J connectivity index is 0.000000481. The van der Waals surface area contributed by atoms with Gasteiger partial charge in [0.1, 0.15) is 6.61 Å². The second-order valence-corrected chi connectivity index (χ2v) is 8.62. The Morgan fingerprint density at radius 2 is 1.53 bits per heavy atom. The van der Waals surface area contributed by atoms with Crippen molar-refractivity contribution < 1.29 is 29.3 Å². The third-order valence-corrected chi connectivity index (χ3v) is 6.27. The molecule has 0 radical (unpaired) electrons. The fraction of sp³-hybridized carbons (Fsp3) is 0.462. The van der Waals surface area contributed by atoms with Crippen LogP contribution in [0.25, 0.3) is 0 Å². The lowest BCUT2D eigenvalue weighted by Crippen LogP contribution is -2.43. The monoisotopic (exact) mass is 470 g/mol. The minimum Gasteiger partial charge on any atom is -0.493 e. The molecule has 0 spiro atoms. The van der Waals surface area contributed by atoms with Crippen LogP contribution in [0, 0.1) is 0 Å². The molecule has 0 aromatic heterocycles. The number of ether oxygens (including phenoxy) is 2. The van der Waals surface area contributed by atoms with Crippen molar-refractivity contribution >= 4 is 11.9 Å². The number of aliphatic carboxylic acids is 2. The van der Waals surface area contributed by atoms with Crippen LogP contribution in [0.15, 0.2) is 48.5 Å².